The number of rotatable bonds is 7. The van der Waals surface area contributed by atoms with Crippen LogP contribution in [0, 0.1) is 13.8 Å². The Hall–Kier alpha value is -3.12. The van der Waals surface area contributed by atoms with Crippen molar-refractivity contribution in [2.75, 3.05) is 12.5 Å². The lowest BCUT2D eigenvalue weighted by molar-refractivity contribution is 0.284. The van der Waals surface area contributed by atoms with Crippen molar-refractivity contribution in [2.45, 2.75) is 20.5 Å². The molecule has 1 N–H and O–H groups in total. The number of hydrogen-bond donors (Lipinski definition) is 1. The van der Waals surface area contributed by atoms with Gasteiger partial charge in [0.1, 0.15) is 6.61 Å². The van der Waals surface area contributed by atoms with E-state index in [1.165, 1.54) is 0 Å². The van der Waals surface area contributed by atoms with Crippen LogP contribution in [0.25, 0.3) is 0 Å². The van der Waals surface area contributed by atoms with Crippen molar-refractivity contribution in [3.8, 4) is 11.5 Å². The first-order valence-corrected chi connectivity index (χ1v) is 9.08. The highest BCUT2D eigenvalue weighted by Crippen LogP contribution is 2.28. The number of halogens is 1. The zero-order valence-corrected chi connectivity index (χ0v) is 16.7. The summed E-state index contributed by atoms with van der Waals surface area (Å²) in [5, 5.41) is 4.89. The molecule has 0 spiro atoms. The van der Waals surface area contributed by atoms with Gasteiger partial charge in [-0.25, -0.2) is 15.4 Å². The highest BCUT2D eigenvalue weighted by molar-refractivity contribution is 6.30. The maximum absolute atomic E-state index is 5.90. The Kier molecular flexibility index (Phi) is 6.45. The van der Waals surface area contributed by atoms with Crippen LogP contribution in [0.2, 0.25) is 5.02 Å². The van der Waals surface area contributed by atoms with Crippen LogP contribution in [-0.4, -0.2) is 23.3 Å². The predicted molar refractivity (Wildman–Crippen MR) is 112 cm³/mol. The van der Waals surface area contributed by atoms with Gasteiger partial charge in [0.05, 0.1) is 13.3 Å². The second kappa shape index (κ2) is 9.19. The van der Waals surface area contributed by atoms with Crippen LogP contribution < -0.4 is 14.9 Å². The van der Waals surface area contributed by atoms with Crippen LogP contribution in [0.15, 0.2) is 53.6 Å². The molecule has 0 unspecified atom stereocenters. The van der Waals surface area contributed by atoms with Gasteiger partial charge in [0, 0.05) is 16.4 Å². The molecule has 0 amide bonds. The third-order valence-electron chi connectivity index (χ3n) is 3.86. The molecule has 0 aliphatic heterocycles. The van der Waals surface area contributed by atoms with Gasteiger partial charge in [0.15, 0.2) is 11.5 Å². The fourth-order valence-electron chi connectivity index (χ4n) is 2.57. The third kappa shape index (κ3) is 5.44. The van der Waals surface area contributed by atoms with E-state index in [-0.39, 0.29) is 0 Å². The van der Waals surface area contributed by atoms with E-state index in [0.717, 1.165) is 22.5 Å². The molecule has 0 radical (unpaired) electrons. The molecule has 144 valence electrons. The summed E-state index contributed by atoms with van der Waals surface area (Å²) in [6, 6.07) is 15.0. The molecule has 3 rings (SSSR count). The standard InChI is InChI=1S/C21H21ClN4O2/c1-14-10-15(2)25-21(24-14)26-23-12-17-6-9-19(20(11-17)27-3)28-13-16-4-7-18(22)8-5-16/h4-12H,13H2,1-3H3,(H,24,25,26). The molecule has 28 heavy (non-hydrogen) atoms. The minimum atomic E-state index is 0.423. The molecule has 0 fully saturated rings. The smallest absolute Gasteiger partial charge is 0.243 e. The van der Waals surface area contributed by atoms with Crippen molar-refractivity contribution in [3.05, 3.63) is 76.1 Å². The first kappa shape index (κ1) is 19.6. The number of aromatic nitrogens is 2. The van der Waals surface area contributed by atoms with E-state index in [4.69, 9.17) is 21.1 Å². The van der Waals surface area contributed by atoms with Crippen molar-refractivity contribution >= 4 is 23.8 Å². The highest BCUT2D eigenvalue weighted by Gasteiger charge is 2.06. The number of ether oxygens (including phenoxy) is 2. The van der Waals surface area contributed by atoms with E-state index in [0.29, 0.717) is 29.1 Å². The summed E-state index contributed by atoms with van der Waals surface area (Å²) in [7, 11) is 1.60. The number of nitrogens with one attached hydrogen (secondary N) is 1. The summed E-state index contributed by atoms with van der Waals surface area (Å²) in [5.74, 6) is 1.74. The van der Waals surface area contributed by atoms with Gasteiger partial charge in [0.2, 0.25) is 5.95 Å². The van der Waals surface area contributed by atoms with Crippen molar-refractivity contribution in [1.29, 1.82) is 0 Å². The van der Waals surface area contributed by atoms with Crippen LogP contribution in [0.5, 0.6) is 11.5 Å². The molecule has 0 atom stereocenters. The summed E-state index contributed by atoms with van der Waals surface area (Å²) >= 11 is 5.90. The first-order valence-electron chi connectivity index (χ1n) is 8.70. The highest BCUT2D eigenvalue weighted by atomic mass is 35.5. The van der Waals surface area contributed by atoms with Gasteiger partial charge < -0.3 is 9.47 Å². The largest absolute Gasteiger partial charge is 0.493 e. The van der Waals surface area contributed by atoms with E-state index in [9.17, 15) is 0 Å². The number of aryl methyl sites for hydroxylation is 2. The maximum Gasteiger partial charge on any atom is 0.243 e. The predicted octanol–water partition coefficient (Wildman–Crippen LogP) is 4.78. The lowest BCUT2D eigenvalue weighted by Crippen LogP contribution is -2.00. The van der Waals surface area contributed by atoms with E-state index in [1.54, 1.807) is 13.3 Å². The molecule has 6 nitrogen and oxygen atoms in total. The second-order valence-electron chi connectivity index (χ2n) is 6.17. The summed E-state index contributed by atoms with van der Waals surface area (Å²) < 4.78 is 11.3. The molecule has 7 heteroatoms. The van der Waals surface area contributed by atoms with E-state index in [1.807, 2.05) is 62.4 Å². The Labute approximate surface area is 169 Å². The van der Waals surface area contributed by atoms with Gasteiger partial charge in [-0.1, -0.05) is 23.7 Å². The molecule has 0 aliphatic rings. The summed E-state index contributed by atoms with van der Waals surface area (Å²) in [6.07, 6.45) is 1.67. The normalized spacial score (nSPS) is 10.9. The van der Waals surface area contributed by atoms with Gasteiger partial charge in [0.25, 0.3) is 0 Å². The first-order chi connectivity index (χ1) is 13.5. The van der Waals surface area contributed by atoms with Gasteiger partial charge in [-0.05, 0) is 61.4 Å². The van der Waals surface area contributed by atoms with Crippen molar-refractivity contribution in [2.24, 2.45) is 5.10 Å². The van der Waals surface area contributed by atoms with Gasteiger partial charge in [-0.3, -0.25) is 0 Å². The van der Waals surface area contributed by atoms with Crippen molar-refractivity contribution in [1.82, 2.24) is 9.97 Å². The van der Waals surface area contributed by atoms with Crippen molar-refractivity contribution < 1.29 is 9.47 Å². The van der Waals surface area contributed by atoms with E-state index >= 15 is 0 Å². The molecule has 0 bridgehead atoms. The van der Waals surface area contributed by atoms with Crippen LogP contribution in [0.4, 0.5) is 5.95 Å². The molecular weight excluding hydrogens is 376 g/mol. The second-order valence-corrected chi connectivity index (χ2v) is 6.61. The van der Waals surface area contributed by atoms with Crippen LogP contribution in [0.3, 0.4) is 0 Å². The molecular formula is C21H21ClN4O2. The molecule has 1 heterocycles. The summed E-state index contributed by atoms with van der Waals surface area (Å²) in [6.45, 7) is 4.25. The maximum atomic E-state index is 5.90. The Bertz CT molecular complexity index is 954. The molecule has 0 saturated carbocycles. The number of nitrogens with zero attached hydrogens (tertiary/aromatic N) is 3. The Morgan fingerprint density at radius 2 is 1.71 bits per heavy atom. The van der Waals surface area contributed by atoms with E-state index < -0.39 is 0 Å². The van der Waals surface area contributed by atoms with Crippen LogP contribution in [0.1, 0.15) is 22.5 Å². The molecule has 1 aromatic heterocycles. The summed E-state index contributed by atoms with van der Waals surface area (Å²) in [5.41, 5.74) is 6.49. The fraction of sp³-hybridized carbons (Fsp3) is 0.190. The quantitative estimate of drug-likeness (QED) is 0.459. The lowest BCUT2D eigenvalue weighted by atomic mass is 10.2. The number of hydrazone groups is 1. The number of methoxy groups -OCH3 is 1. The number of anilines is 1. The minimum absolute atomic E-state index is 0.423. The SMILES string of the molecule is COc1cc(C=NNc2nc(C)cc(C)n2)ccc1OCc1ccc(Cl)cc1. The Balaban J connectivity index is 1.65. The zero-order valence-electron chi connectivity index (χ0n) is 15.9. The van der Waals surface area contributed by atoms with Gasteiger partial charge >= 0.3 is 0 Å². The van der Waals surface area contributed by atoms with Crippen molar-refractivity contribution in [3.63, 3.8) is 0 Å². The number of hydrogen-bond acceptors (Lipinski definition) is 6. The topological polar surface area (TPSA) is 68.6 Å². The number of benzene rings is 2. The monoisotopic (exact) mass is 396 g/mol. The van der Waals surface area contributed by atoms with Crippen LogP contribution in [-0.2, 0) is 6.61 Å². The average molecular weight is 397 g/mol. The zero-order chi connectivity index (χ0) is 19.9. The van der Waals surface area contributed by atoms with E-state index in [2.05, 4.69) is 20.5 Å². The molecule has 2 aromatic carbocycles. The lowest BCUT2D eigenvalue weighted by Gasteiger charge is -2.11. The van der Waals surface area contributed by atoms with Gasteiger partial charge in [-0.15, -0.1) is 0 Å². The Morgan fingerprint density at radius 3 is 2.39 bits per heavy atom. The average Bonchev–Trinajstić information content (AvgIpc) is 2.67. The summed E-state index contributed by atoms with van der Waals surface area (Å²) in [4.78, 5) is 8.57. The molecule has 3 aromatic rings. The Morgan fingerprint density at radius 1 is 1.00 bits per heavy atom. The van der Waals surface area contributed by atoms with Crippen LogP contribution >= 0.6 is 11.6 Å². The fourth-order valence-corrected chi connectivity index (χ4v) is 2.69. The molecule has 0 aliphatic carbocycles. The third-order valence-corrected chi connectivity index (χ3v) is 4.11. The van der Waals surface area contributed by atoms with Gasteiger partial charge in [-0.2, -0.15) is 5.10 Å². The molecule has 0 saturated heterocycles. The minimum Gasteiger partial charge on any atom is -0.493 e.